The zero-order valence-corrected chi connectivity index (χ0v) is 12.5. The van der Waals surface area contributed by atoms with Gasteiger partial charge >= 0.3 is 0 Å². The first kappa shape index (κ1) is 14.7. The number of aromatic nitrogens is 2. The van der Waals surface area contributed by atoms with E-state index in [1.807, 2.05) is 25.1 Å². The summed E-state index contributed by atoms with van der Waals surface area (Å²) in [5.41, 5.74) is 0.529. The molecule has 114 valence electrons. The summed E-state index contributed by atoms with van der Waals surface area (Å²) in [7, 11) is 0. The van der Waals surface area contributed by atoms with E-state index in [9.17, 15) is 4.79 Å². The van der Waals surface area contributed by atoms with Gasteiger partial charge in [0.1, 0.15) is 12.4 Å². The lowest BCUT2D eigenvalue weighted by molar-refractivity contribution is -0.0223. The molecule has 0 spiro atoms. The standard InChI is InChI=1S/C16H18N4O2/c1-12-10-19(8-9-22-12)11-15-18-14-5-3-2-4-13(14)16(21)20(15)7-6-17/h2-5,12H,7-11H2,1H3. The monoisotopic (exact) mass is 298 g/mol. The number of hydrogen-bond acceptors (Lipinski definition) is 5. The van der Waals surface area contributed by atoms with Crippen molar-refractivity contribution in [3.8, 4) is 6.07 Å². The fourth-order valence-corrected chi connectivity index (χ4v) is 2.80. The minimum atomic E-state index is -0.150. The van der Waals surface area contributed by atoms with Crippen molar-refractivity contribution < 1.29 is 4.74 Å². The maximum atomic E-state index is 12.6. The van der Waals surface area contributed by atoms with Crippen molar-refractivity contribution in [1.82, 2.24) is 14.5 Å². The number of benzene rings is 1. The SMILES string of the molecule is CC1CN(Cc2nc3ccccc3c(=O)n2CC#N)CCO1. The summed E-state index contributed by atoms with van der Waals surface area (Å²) in [5, 5.41) is 9.57. The van der Waals surface area contributed by atoms with E-state index in [-0.39, 0.29) is 18.2 Å². The summed E-state index contributed by atoms with van der Waals surface area (Å²) in [4.78, 5) is 19.4. The van der Waals surface area contributed by atoms with Crippen LogP contribution in [0.2, 0.25) is 0 Å². The van der Waals surface area contributed by atoms with Crippen LogP contribution in [0.5, 0.6) is 0 Å². The van der Waals surface area contributed by atoms with Gasteiger partial charge in [-0.2, -0.15) is 5.26 Å². The van der Waals surface area contributed by atoms with Crippen molar-refractivity contribution in [1.29, 1.82) is 5.26 Å². The van der Waals surface area contributed by atoms with Crippen molar-refractivity contribution >= 4 is 10.9 Å². The molecular weight excluding hydrogens is 280 g/mol. The summed E-state index contributed by atoms with van der Waals surface area (Å²) in [5.74, 6) is 0.638. The quantitative estimate of drug-likeness (QED) is 0.850. The molecule has 1 aliphatic rings. The third-order valence-electron chi connectivity index (χ3n) is 3.86. The average molecular weight is 298 g/mol. The average Bonchev–Trinajstić information content (AvgIpc) is 2.51. The molecule has 1 unspecified atom stereocenters. The van der Waals surface area contributed by atoms with E-state index >= 15 is 0 Å². The van der Waals surface area contributed by atoms with Crippen LogP contribution in [0.3, 0.4) is 0 Å². The Balaban J connectivity index is 2.01. The Kier molecular flexibility index (Phi) is 4.18. The normalized spacial score (nSPS) is 19.2. The van der Waals surface area contributed by atoms with E-state index in [0.717, 1.165) is 13.1 Å². The molecule has 6 heteroatoms. The highest BCUT2D eigenvalue weighted by Gasteiger charge is 2.19. The summed E-state index contributed by atoms with van der Waals surface area (Å²) in [6, 6.07) is 9.31. The first-order valence-electron chi connectivity index (χ1n) is 7.38. The molecule has 0 bridgehead atoms. The molecular formula is C16H18N4O2. The van der Waals surface area contributed by atoms with Gasteiger partial charge in [-0.15, -0.1) is 0 Å². The van der Waals surface area contributed by atoms with E-state index < -0.39 is 0 Å². The maximum absolute atomic E-state index is 12.6. The predicted molar refractivity (Wildman–Crippen MR) is 82.3 cm³/mol. The highest BCUT2D eigenvalue weighted by atomic mass is 16.5. The van der Waals surface area contributed by atoms with Crippen LogP contribution < -0.4 is 5.56 Å². The zero-order valence-electron chi connectivity index (χ0n) is 12.5. The maximum Gasteiger partial charge on any atom is 0.262 e. The third-order valence-corrected chi connectivity index (χ3v) is 3.86. The lowest BCUT2D eigenvalue weighted by Crippen LogP contribution is -2.42. The number of rotatable bonds is 3. The van der Waals surface area contributed by atoms with Crippen LogP contribution >= 0.6 is 0 Å². The van der Waals surface area contributed by atoms with Crippen molar-refractivity contribution in [2.45, 2.75) is 26.1 Å². The first-order chi connectivity index (χ1) is 10.7. The van der Waals surface area contributed by atoms with E-state index in [0.29, 0.717) is 29.9 Å². The molecule has 1 fully saturated rings. The van der Waals surface area contributed by atoms with Gasteiger partial charge < -0.3 is 4.74 Å². The molecule has 1 aliphatic heterocycles. The Bertz CT molecular complexity index is 778. The van der Waals surface area contributed by atoms with Gasteiger partial charge in [0, 0.05) is 13.1 Å². The Morgan fingerprint density at radius 3 is 3.05 bits per heavy atom. The lowest BCUT2D eigenvalue weighted by atomic mass is 10.2. The Hall–Kier alpha value is -2.23. The molecule has 2 aromatic rings. The van der Waals surface area contributed by atoms with Crippen LogP contribution in [-0.4, -0.2) is 40.3 Å². The second-order valence-corrected chi connectivity index (χ2v) is 5.51. The van der Waals surface area contributed by atoms with Crippen molar-refractivity contribution in [3.05, 3.63) is 40.4 Å². The molecule has 2 heterocycles. The minimum absolute atomic E-state index is 0.0197. The highest BCUT2D eigenvalue weighted by molar-refractivity contribution is 5.77. The topological polar surface area (TPSA) is 71.2 Å². The fourth-order valence-electron chi connectivity index (χ4n) is 2.80. The van der Waals surface area contributed by atoms with Crippen LogP contribution in [0.4, 0.5) is 0 Å². The van der Waals surface area contributed by atoms with Crippen molar-refractivity contribution in [3.63, 3.8) is 0 Å². The number of ether oxygens (including phenoxy) is 1. The number of nitriles is 1. The number of fused-ring (bicyclic) bond motifs is 1. The second kappa shape index (κ2) is 6.26. The number of para-hydroxylation sites is 1. The Labute approximate surface area is 128 Å². The molecule has 0 N–H and O–H groups in total. The second-order valence-electron chi connectivity index (χ2n) is 5.51. The molecule has 3 rings (SSSR count). The van der Waals surface area contributed by atoms with Gasteiger partial charge in [-0.3, -0.25) is 14.3 Å². The van der Waals surface area contributed by atoms with Gasteiger partial charge in [-0.05, 0) is 19.1 Å². The molecule has 22 heavy (non-hydrogen) atoms. The molecule has 1 aromatic carbocycles. The molecule has 0 radical (unpaired) electrons. The predicted octanol–water partition coefficient (Wildman–Crippen LogP) is 1.14. The van der Waals surface area contributed by atoms with E-state index in [4.69, 9.17) is 10.00 Å². The molecule has 0 saturated carbocycles. The summed E-state index contributed by atoms with van der Waals surface area (Å²) < 4.78 is 7.01. The van der Waals surface area contributed by atoms with Crippen LogP contribution in [0.25, 0.3) is 10.9 Å². The van der Waals surface area contributed by atoms with E-state index in [2.05, 4.69) is 16.0 Å². The molecule has 0 aliphatic carbocycles. The summed E-state index contributed by atoms with van der Waals surface area (Å²) >= 11 is 0. The van der Waals surface area contributed by atoms with Gasteiger partial charge in [0.05, 0.1) is 36.2 Å². The third kappa shape index (κ3) is 2.86. The van der Waals surface area contributed by atoms with Crippen LogP contribution in [0.15, 0.2) is 29.1 Å². The summed E-state index contributed by atoms with van der Waals surface area (Å²) in [6.45, 7) is 4.88. The number of morpholine rings is 1. The van der Waals surface area contributed by atoms with Gasteiger partial charge in [0.2, 0.25) is 0 Å². The Morgan fingerprint density at radius 2 is 2.27 bits per heavy atom. The van der Waals surface area contributed by atoms with Crippen molar-refractivity contribution in [2.24, 2.45) is 0 Å². The first-order valence-corrected chi connectivity index (χ1v) is 7.38. The summed E-state index contributed by atoms with van der Waals surface area (Å²) in [6.07, 6.45) is 0.172. The zero-order chi connectivity index (χ0) is 15.5. The Morgan fingerprint density at radius 1 is 1.45 bits per heavy atom. The van der Waals surface area contributed by atoms with Gasteiger partial charge in [0.15, 0.2) is 0 Å². The van der Waals surface area contributed by atoms with Crippen LogP contribution in [0.1, 0.15) is 12.7 Å². The number of nitrogens with zero attached hydrogens (tertiary/aromatic N) is 4. The van der Waals surface area contributed by atoms with Crippen LogP contribution in [0, 0.1) is 11.3 Å². The molecule has 1 saturated heterocycles. The van der Waals surface area contributed by atoms with E-state index in [1.165, 1.54) is 4.57 Å². The molecule has 1 atom stereocenters. The fraction of sp³-hybridized carbons (Fsp3) is 0.438. The van der Waals surface area contributed by atoms with E-state index in [1.54, 1.807) is 6.07 Å². The van der Waals surface area contributed by atoms with Crippen molar-refractivity contribution in [2.75, 3.05) is 19.7 Å². The molecule has 6 nitrogen and oxygen atoms in total. The smallest absolute Gasteiger partial charge is 0.262 e. The van der Waals surface area contributed by atoms with Gasteiger partial charge in [-0.25, -0.2) is 4.98 Å². The minimum Gasteiger partial charge on any atom is -0.376 e. The van der Waals surface area contributed by atoms with Gasteiger partial charge in [0.25, 0.3) is 5.56 Å². The largest absolute Gasteiger partial charge is 0.376 e. The van der Waals surface area contributed by atoms with Crippen LogP contribution in [-0.2, 0) is 17.8 Å². The lowest BCUT2D eigenvalue weighted by Gasteiger charge is -2.31. The highest BCUT2D eigenvalue weighted by Crippen LogP contribution is 2.12. The molecule has 1 aromatic heterocycles. The number of hydrogen-bond donors (Lipinski definition) is 0. The molecule has 0 amide bonds. The van der Waals surface area contributed by atoms with Gasteiger partial charge in [-0.1, -0.05) is 12.1 Å².